The Balaban J connectivity index is 0.00000243. The molecule has 3 N–H and O–H groups in total. The molecule has 0 saturated heterocycles. The summed E-state index contributed by atoms with van der Waals surface area (Å²) >= 11 is 9.20. The van der Waals surface area contributed by atoms with Gasteiger partial charge in [-0.2, -0.15) is 8.42 Å². The minimum Gasteiger partial charge on any atom is -0.396 e. The topological polar surface area (TPSA) is 105 Å². The van der Waals surface area contributed by atoms with Crippen molar-refractivity contribution in [3.63, 3.8) is 0 Å². The van der Waals surface area contributed by atoms with Crippen LogP contribution in [0.2, 0.25) is 5.02 Å². The molecule has 0 aromatic heterocycles. The Morgan fingerprint density at radius 2 is 1.62 bits per heavy atom. The van der Waals surface area contributed by atoms with Crippen molar-refractivity contribution in [3.8, 4) is 0 Å². The summed E-state index contributed by atoms with van der Waals surface area (Å²) in [5, 5.41) is 9.42. The van der Waals surface area contributed by atoms with Crippen LogP contribution in [0.1, 0.15) is 0 Å². The summed E-state index contributed by atoms with van der Waals surface area (Å²) in [5.74, 6) is 0. The Kier molecular flexibility index (Phi) is 6.84. The Bertz CT molecular complexity index is 1120. The Morgan fingerprint density at radius 3 is 2.23 bits per heavy atom. The zero-order chi connectivity index (χ0) is 18.2. The van der Waals surface area contributed by atoms with E-state index in [0.29, 0.717) is 26.0 Å². The fraction of sp³-hybridized carbons (Fsp3) is 0. The first-order valence-corrected chi connectivity index (χ1v) is 9.54. The number of nitrogens with zero attached hydrogens (tertiary/aromatic N) is 2. The van der Waals surface area contributed by atoms with Crippen LogP contribution < -0.4 is 5.73 Å². The number of rotatable bonds is 3. The molecule has 0 heterocycles. The maximum atomic E-state index is 11.7. The van der Waals surface area contributed by atoms with Gasteiger partial charge in [0.2, 0.25) is 0 Å². The number of halogens is 2. The van der Waals surface area contributed by atoms with Gasteiger partial charge in [0.05, 0.1) is 11.4 Å². The second-order valence-electron chi connectivity index (χ2n) is 5.12. The molecule has 6 nitrogen and oxygen atoms in total. The third kappa shape index (κ3) is 4.45. The van der Waals surface area contributed by atoms with Crippen molar-refractivity contribution in [1.29, 1.82) is 0 Å². The molecule has 0 aliphatic rings. The summed E-state index contributed by atoms with van der Waals surface area (Å²) in [6, 6.07) is 12.7. The van der Waals surface area contributed by atoms with Crippen molar-refractivity contribution in [2.75, 3.05) is 5.73 Å². The molecule has 0 aliphatic carbocycles. The molecule has 3 aromatic rings. The summed E-state index contributed by atoms with van der Waals surface area (Å²) in [6.45, 7) is 0. The van der Waals surface area contributed by atoms with Gasteiger partial charge in [0.25, 0.3) is 10.1 Å². The summed E-state index contributed by atoms with van der Waals surface area (Å²) in [4.78, 5) is -0.276. The van der Waals surface area contributed by atoms with Crippen LogP contribution in [0.5, 0.6) is 0 Å². The van der Waals surface area contributed by atoms with Gasteiger partial charge in [-0.1, -0.05) is 35.9 Å². The van der Waals surface area contributed by atoms with E-state index >= 15 is 0 Å². The van der Waals surface area contributed by atoms with Gasteiger partial charge in [0.1, 0.15) is 10.6 Å². The minimum absolute atomic E-state index is 0. The average molecular weight is 464 g/mol. The number of hydrogen-bond donors (Lipinski definition) is 2. The van der Waals surface area contributed by atoms with E-state index in [2.05, 4.69) is 26.2 Å². The molecule has 0 saturated carbocycles. The molecular weight excluding hydrogens is 453 g/mol. The van der Waals surface area contributed by atoms with E-state index in [9.17, 15) is 13.0 Å². The van der Waals surface area contributed by atoms with Crippen LogP contribution in [0.3, 0.4) is 0 Å². The molecule has 0 spiro atoms. The maximum absolute atomic E-state index is 11.7. The molecule has 1 radical (unpaired) electrons. The predicted octanol–water partition coefficient (Wildman–Crippen LogP) is 5.12. The maximum Gasteiger partial charge on any atom is 0.295 e. The second kappa shape index (κ2) is 8.35. The average Bonchev–Trinajstić information content (AvgIpc) is 2.54. The third-order valence-corrected chi connectivity index (χ3v) is 5.24. The van der Waals surface area contributed by atoms with Crippen LogP contribution in [-0.4, -0.2) is 42.5 Å². The van der Waals surface area contributed by atoms with Crippen molar-refractivity contribution in [2.45, 2.75) is 4.90 Å². The van der Waals surface area contributed by atoms with Crippen molar-refractivity contribution in [2.24, 2.45) is 10.2 Å². The van der Waals surface area contributed by atoms with E-state index in [-0.39, 0.29) is 45.8 Å². The van der Waals surface area contributed by atoms with Crippen LogP contribution in [0.25, 0.3) is 10.8 Å². The Hall–Kier alpha value is -1.000. The van der Waals surface area contributed by atoms with Crippen molar-refractivity contribution in [3.05, 3.63) is 58.0 Å². The number of fused-ring (bicyclic) bond motifs is 1. The summed E-state index contributed by atoms with van der Waals surface area (Å²) in [5.41, 5.74) is 6.98. The van der Waals surface area contributed by atoms with Gasteiger partial charge in [0, 0.05) is 49.8 Å². The van der Waals surface area contributed by atoms with Crippen molar-refractivity contribution in [1.82, 2.24) is 0 Å². The molecule has 0 aliphatic heterocycles. The van der Waals surface area contributed by atoms with Crippen LogP contribution >= 0.6 is 27.5 Å². The van der Waals surface area contributed by atoms with Crippen molar-refractivity contribution < 1.29 is 13.0 Å². The predicted molar refractivity (Wildman–Crippen MR) is 107 cm³/mol. The van der Waals surface area contributed by atoms with Gasteiger partial charge >= 0.3 is 0 Å². The molecule has 10 heteroatoms. The van der Waals surface area contributed by atoms with Gasteiger partial charge in [-0.3, -0.25) is 4.55 Å². The molecule has 26 heavy (non-hydrogen) atoms. The monoisotopic (exact) mass is 462 g/mol. The van der Waals surface area contributed by atoms with E-state index in [1.807, 2.05) is 0 Å². The van der Waals surface area contributed by atoms with E-state index in [1.165, 1.54) is 6.07 Å². The Morgan fingerprint density at radius 1 is 1.00 bits per heavy atom. The summed E-state index contributed by atoms with van der Waals surface area (Å²) in [7, 11) is -4.45. The number of azo groups is 1. The molecule has 3 rings (SSSR count). The second-order valence-corrected chi connectivity index (χ2v) is 7.80. The number of anilines is 1. The van der Waals surface area contributed by atoms with Gasteiger partial charge in [-0.15, -0.1) is 10.2 Å². The molecule has 129 valence electrons. The van der Waals surface area contributed by atoms with Crippen LogP contribution in [0.15, 0.2) is 68.1 Å². The first kappa shape index (κ1) is 21.3. The van der Waals surface area contributed by atoms with Crippen molar-refractivity contribution >= 4 is 95.0 Å². The number of nitrogens with two attached hydrogens (primary N) is 1. The van der Waals surface area contributed by atoms with E-state index in [4.69, 9.17) is 17.3 Å². The van der Waals surface area contributed by atoms with Crippen LogP contribution in [0.4, 0.5) is 17.1 Å². The minimum atomic E-state index is -4.45. The molecule has 0 fully saturated rings. The molecule has 0 atom stereocenters. The smallest absolute Gasteiger partial charge is 0.295 e. The standard InChI is InChI=1S/C16H11BrClN3O3S.Na/c17-12-7-9(18)5-6-13(12)20-21-14-8-15(25(22,23)24)10-3-1-2-4-11(10)16(14)19;/h1-8H,19H2,(H,22,23,24);. The third-order valence-electron chi connectivity index (χ3n) is 3.48. The fourth-order valence-electron chi connectivity index (χ4n) is 2.32. The SMILES string of the molecule is Nc1c(N=Nc2ccc(Cl)cc2Br)cc(S(=O)(=O)O)c2ccccc12.[Na]. The van der Waals surface area contributed by atoms with Crippen LogP contribution in [0, 0.1) is 0 Å². The van der Waals surface area contributed by atoms with Gasteiger partial charge in [0.15, 0.2) is 0 Å². The van der Waals surface area contributed by atoms with Gasteiger partial charge < -0.3 is 5.73 Å². The number of nitrogen functional groups attached to an aromatic ring is 1. The largest absolute Gasteiger partial charge is 0.396 e. The first-order chi connectivity index (χ1) is 11.8. The van der Waals surface area contributed by atoms with E-state index in [0.717, 1.165) is 0 Å². The van der Waals surface area contributed by atoms with Gasteiger partial charge in [-0.05, 0) is 40.2 Å². The molecule has 3 aromatic carbocycles. The molecule has 0 amide bonds. The van der Waals surface area contributed by atoms with E-state index < -0.39 is 10.1 Å². The number of hydrogen-bond acceptors (Lipinski definition) is 5. The number of benzene rings is 3. The fourth-order valence-corrected chi connectivity index (χ4v) is 3.80. The van der Waals surface area contributed by atoms with E-state index in [1.54, 1.807) is 42.5 Å². The first-order valence-electron chi connectivity index (χ1n) is 6.93. The molecule has 0 unspecified atom stereocenters. The normalized spacial score (nSPS) is 11.7. The zero-order valence-corrected chi connectivity index (χ0v) is 18.7. The summed E-state index contributed by atoms with van der Waals surface area (Å²) < 4.78 is 33.5. The quantitative estimate of drug-likeness (QED) is 0.243. The Labute approximate surface area is 185 Å². The zero-order valence-electron chi connectivity index (χ0n) is 13.5. The summed E-state index contributed by atoms with van der Waals surface area (Å²) in [6.07, 6.45) is 0. The van der Waals surface area contributed by atoms with Gasteiger partial charge in [-0.25, -0.2) is 0 Å². The molecular formula is C16H11BrClN3NaO3S. The van der Waals surface area contributed by atoms with Crippen LogP contribution in [-0.2, 0) is 10.1 Å². The molecule has 0 bridgehead atoms.